The number of aromatic carboxylic acids is 1. The minimum atomic E-state index is -0.970. The third-order valence-electron chi connectivity index (χ3n) is 4.39. The average molecular weight is 360 g/mol. The highest BCUT2D eigenvalue weighted by Crippen LogP contribution is 2.35. The highest BCUT2D eigenvalue weighted by molar-refractivity contribution is 6.01. The topological polar surface area (TPSA) is 103 Å². The maximum atomic E-state index is 11.1. The quantitative estimate of drug-likeness (QED) is 0.578. The highest BCUT2D eigenvalue weighted by Gasteiger charge is 2.16. The molecule has 4 rings (SSSR count). The third kappa shape index (κ3) is 2.85. The largest absolute Gasteiger partial charge is 0.497 e. The van der Waals surface area contributed by atoms with Crippen LogP contribution in [0.15, 0.2) is 61.1 Å². The highest BCUT2D eigenvalue weighted by atomic mass is 16.5. The summed E-state index contributed by atoms with van der Waals surface area (Å²) in [6.45, 7) is 0. The van der Waals surface area contributed by atoms with Crippen LogP contribution in [0.4, 0.5) is 5.82 Å². The molecule has 0 aliphatic heterocycles. The number of hydrogen-bond donors (Lipinski definition) is 2. The Morgan fingerprint density at radius 3 is 2.63 bits per heavy atom. The van der Waals surface area contributed by atoms with Crippen molar-refractivity contribution in [1.29, 1.82) is 0 Å². The maximum Gasteiger partial charge on any atom is 0.335 e. The lowest BCUT2D eigenvalue weighted by Crippen LogP contribution is -1.99. The second kappa shape index (κ2) is 6.45. The van der Waals surface area contributed by atoms with Crippen LogP contribution in [-0.4, -0.2) is 32.7 Å². The van der Waals surface area contributed by atoms with Crippen molar-refractivity contribution in [3.63, 3.8) is 0 Å². The summed E-state index contributed by atoms with van der Waals surface area (Å²) in [4.78, 5) is 19.6. The number of nitrogen functional groups attached to an aromatic ring is 1. The van der Waals surface area contributed by atoms with Gasteiger partial charge >= 0.3 is 5.97 Å². The van der Waals surface area contributed by atoms with Crippen molar-refractivity contribution >= 4 is 22.8 Å². The van der Waals surface area contributed by atoms with Gasteiger partial charge in [0.1, 0.15) is 17.9 Å². The Morgan fingerprint density at radius 1 is 1.15 bits per heavy atom. The van der Waals surface area contributed by atoms with Crippen molar-refractivity contribution < 1.29 is 14.6 Å². The van der Waals surface area contributed by atoms with Crippen molar-refractivity contribution in [2.75, 3.05) is 12.8 Å². The first-order valence-electron chi connectivity index (χ1n) is 8.18. The number of nitrogens with two attached hydrogens (primary N) is 1. The molecule has 0 saturated carbocycles. The first-order chi connectivity index (χ1) is 13.1. The molecule has 0 saturated heterocycles. The molecule has 0 amide bonds. The predicted octanol–water partition coefficient (Wildman–Crippen LogP) is 3.38. The number of anilines is 1. The van der Waals surface area contributed by atoms with E-state index in [4.69, 9.17) is 15.6 Å². The van der Waals surface area contributed by atoms with Crippen molar-refractivity contribution in [1.82, 2.24) is 14.5 Å². The summed E-state index contributed by atoms with van der Waals surface area (Å²) in [6.07, 6.45) is 3.33. The molecular formula is C20H16N4O3. The summed E-state index contributed by atoms with van der Waals surface area (Å²) in [7, 11) is 1.61. The normalized spacial score (nSPS) is 10.9. The summed E-state index contributed by atoms with van der Waals surface area (Å²) in [5, 5.41) is 9.83. The molecule has 7 nitrogen and oxygen atoms in total. The minimum Gasteiger partial charge on any atom is -0.497 e. The molecule has 0 spiro atoms. The van der Waals surface area contributed by atoms with Crippen LogP contribution in [-0.2, 0) is 0 Å². The van der Waals surface area contributed by atoms with Crippen molar-refractivity contribution in [2.45, 2.75) is 0 Å². The number of carboxylic acid groups (broad SMARTS) is 1. The number of ether oxygens (including phenoxy) is 1. The van der Waals surface area contributed by atoms with E-state index < -0.39 is 5.97 Å². The van der Waals surface area contributed by atoms with Gasteiger partial charge in [-0.3, -0.25) is 0 Å². The van der Waals surface area contributed by atoms with Crippen LogP contribution in [0.1, 0.15) is 10.4 Å². The maximum absolute atomic E-state index is 11.1. The van der Waals surface area contributed by atoms with E-state index in [1.165, 1.54) is 6.33 Å². The molecule has 4 aromatic rings. The van der Waals surface area contributed by atoms with Crippen molar-refractivity contribution in [3.8, 4) is 22.6 Å². The van der Waals surface area contributed by atoms with E-state index in [9.17, 15) is 4.79 Å². The number of nitrogens with zero attached hydrogens (tertiary/aromatic N) is 3. The number of carbonyl (C=O) groups is 1. The van der Waals surface area contributed by atoms with Gasteiger partial charge in [0.25, 0.3) is 0 Å². The molecule has 7 heteroatoms. The Hall–Kier alpha value is -3.87. The molecule has 0 atom stereocenters. The third-order valence-corrected chi connectivity index (χ3v) is 4.39. The zero-order chi connectivity index (χ0) is 19.0. The number of aromatic nitrogens is 3. The van der Waals surface area contributed by atoms with Crippen LogP contribution in [0.25, 0.3) is 27.8 Å². The number of methoxy groups -OCH3 is 1. The summed E-state index contributed by atoms with van der Waals surface area (Å²) in [6, 6.07) is 14.2. The molecule has 27 heavy (non-hydrogen) atoms. The number of rotatable bonds is 4. The van der Waals surface area contributed by atoms with Crippen LogP contribution in [0.2, 0.25) is 0 Å². The smallest absolute Gasteiger partial charge is 0.335 e. The second-order valence-electron chi connectivity index (χ2n) is 5.95. The number of fused-ring (bicyclic) bond motifs is 1. The fourth-order valence-electron chi connectivity index (χ4n) is 3.06. The van der Waals surface area contributed by atoms with Gasteiger partial charge in [0.2, 0.25) is 0 Å². The second-order valence-corrected chi connectivity index (χ2v) is 5.95. The van der Waals surface area contributed by atoms with Gasteiger partial charge in [-0.25, -0.2) is 14.8 Å². The fourth-order valence-corrected chi connectivity index (χ4v) is 3.06. The van der Waals surface area contributed by atoms with Crippen LogP contribution in [0.3, 0.4) is 0 Å². The molecule has 0 bridgehead atoms. The molecule has 0 radical (unpaired) electrons. The first kappa shape index (κ1) is 16.6. The Bertz CT molecular complexity index is 1150. The van der Waals surface area contributed by atoms with Crippen molar-refractivity contribution in [2.24, 2.45) is 0 Å². The molecule has 0 fully saturated rings. The Kier molecular flexibility index (Phi) is 3.97. The average Bonchev–Trinajstić information content (AvgIpc) is 3.09. The molecule has 0 aliphatic carbocycles. The molecule has 2 aromatic carbocycles. The van der Waals surface area contributed by atoms with E-state index in [-0.39, 0.29) is 5.56 Å². The van der Waals surface area contributed by atoms with E-state index in [1.54, 1.807) is 31.4 Å². The van der Waals surface area contributed by atoms with E-state index in [2.05, 4.69) is 9.97 Å². The van der Waals surface area contributed by atoms with Crippen LogP contribution in [0.5, 0.6) is 5.75 Å². The summed E-state index contributed by atoms with van der Waals surface area (Å²) in [5.74, 6) is 0.135. The van der Waals surface area contributed by atoms with Gasteiger partial charge < -0.3 is 20.1 Å². The Balaban J connectivity index is 1.95. The van der Waals surface area contributed by atoms with E-state index >= 15 is 0 Å². The van der Waals surface area contributed by atoms with E-state index in [0.29, 0.717) is 11.5 Å². The van der Waals surface area contributed by atoms with E-state index in [1.807, 2.05) is 35.0 Å². The lowest BCUT2D eigenvalue weighted by atomic mass is 10.1. The lowest BCUT2D eigenvalue weighted by Gasteiger charge is -2.05. The molecule has 0 unspecified atom stereocenters. The monoisotopic (exact) mass is 360 g/mol. The van der Waals surface area contributed by atoms with Gasteiger partial charge in [0, 0.05) is 17.4 Å². The molecule has 3 N–H and O–H groups in total. The zero-order valence-electron chi connectivity index (χ0n) is 14.5. The molecule has 0 aliphatic rings. The first-order valence-corrected chi connectivity index (χ1v) is 8.18. The van der Waals surface area contributed by atoms with Crippen LogP contribution < -0.4 is 10.5 Å². The van der Waals surface area contributed by atoms with Gasteiger partial charge in [0.15, 0.2) is 5.65 Å². The Morgan fingerprint density at radius 2 is 1.93 bits per heavy atom. The summed E-state index contributed by atoms with van der Waals surface area (Å²) >= 11 is 0. The van der Waals surface area contributed by atoms with Gasteiger partial charge in [-0.1, -0.05) is 12.1 Å². The van der Waals surface area contributed by atoms with Gasteiger partial charge in [-0.05, 0) is 42.0 Å². The number of benzene rings is 2. The number of hydrogen-bond acceptors (Lipinski definition) is 5. The zero-order valence-corrected chi connectivity index (χ0v) is 14.5. The molecule has 2 heterocycles. The SMILES string of the molecule is COc1cccc(-c2cn(-c3ccc(C(=O)O)cc3)c3ncnc(N)c23)c1. The Labute approximate surface area is 154 Å². The van der Waals surface area contributed by atoms with Crippen LogP contribution in [0, 0.1) is 0 Å². The summed E-state index contributed by atoms with van der Waals surface area (Å²) < 4.78 is 7.19. The van der Waals surface area contributed by atoms with E-state index in [0.717, 1.165) is 28.0 Å². The lowest BCUT2D eigenvalue weighted by molar-refractivity contribution is 0.0697. The molecular weight excluding hydrogens is 344 g/mol. The van der Waals surface area contributed by atoms with Gasteiger partial charge in [-0.2, -0.15) is 0 Å². The van der Waals surface area contributed by atoms with Crippen molar-refractivity contribution in [3.05, 3.63) is 66.6 Å². The standard InChI is InChI=1S/C20H16N4O3/c1-27-15-4-2-3-13(9-15)16-10-24(19-17(16)18(21)22-11-23-19)14-7-5-12(6-8-14)20(25)26/h2-11H,1H3,(H,25,26)(H2,21,22,23). The molecule has 2 aromatic heterocycles. The van der Waals surface area contributed by atoms with Gasteiger partial charge in [-0.15, -0.1) is 0 Å². The predicted molar refractivity (Wildman–Crippen MR) is 102 cm³/mol. The minimum absolute atomic E-state index is 0.220. The fraction of sp³-hybridized carbons (Fsp3) is 0.0500. The summed E-state index contributed by atoms with van der Waals surface area (Å²) in [5.41, 5.74) is 9.57. The number of carboxylic acids is 1. The molecule has 134 valence electrons. The van der Waals surface area contributed by atoms with Crippen LogP contribution >= 0.6 is 0 Å². The van der Waals surface area contributed by atoms with Gasteiger partial charge in [0.05, 0.1) is 18.1 Å².